The molecule has 0 radical (unpaired) electrons. The Morgan fingerprint density at radius 2 is 2.04 bits per heavy atom. The van der Waals surface area contributed by atoms with E-state index < -0.39 is 0 Å². The average Bonchev–Trinajstić information content (AvgIpc) is 3.28. The van der Waals surface area contributed by atoms with Crippen molar-refractivity contribution in [3.05, 3.63) is 41.2 Å². The minimum Gasteiger partial charge on any atom is -0.444 e. The lowest BCUT2D eigenvalue weighted by atomic mass is 10.2. The van der Waals surface area contributed by atoms with E-state index in [2.05, 4.69) is 43.5 Å². The van der Waals surface area contributed by atoms with Gasteiger partial charge in [0.25, 0.3) is 0 Å². The van der Waals surface area contributed by atoms with E-state index >= 15 is 0 Å². The van der Waals surface area contributed by atoms with Gasteiger partial charge in [-0.2, -0.15) is 0 Å². The molecule has 2 N–H and O–H groups in total. The number of hydrogen-bond donors (Lipinski definition) is 2. The van der Waals surface area contributed by atoms with E-state index in [0.717, 1.165) is 48.4 Å². The molecule has 0 spiro atoms. The minimum absolute atomic E-state index is 0. The Bertz CT molecular complexity index is 735. The van der Waals surface area contributed by atoms with Crippen LogP contribution in [0.3, 0.4) is 0 Å². The highest BCUT2D eigenvalue weighted by Gasteiger charge is 2.13. The number of oxazole rings is 1. The number of hydrogen-bond acceptors (Lipinski definition) is 5. The number of nitrogens with zero attached hydrogens (tertiary/aromatic N) is 4. The normalized spacial score (nSPS) is 14.2. The highest BCUT2D eigenvalue weighted by atomic mass is 127. The van der Waals surface area contributed by atoms with Gasteiger partial charge in [0, 0.05) is 25.8 Å². The van der Waals surface area contributed by atoms with Gasteiger partial charge in [0.1, 0.15) is 11.6 Å². The molecule has 2 aromatic heterocycles. The molecule has 0 saturated carbocycles. The number of halogens is 1. The second kappa shape index (κ2) is 10.5. The number of pyridine rings is 1. The maximum absolute atomic E-state index is 5.61. The first-order chi connectivity index (χ1) is 12.7. The van der Waals surface area contributed by atoms with E-state index in [1.165, 1.54) is 12.8 Å². The molecule has 0 aliphatic carbocycles. The van der Waals surface area contributed by atoms with Crippen LogP contribution in [0.4, 0.5) is 5.82 Å². The van der Waals surface area contributed by atoms with E-state index in [1.807, 2.05) is 26.1 Å². The van der Waals surface area contributed by atoms with Crippen molar-refractivity contribution >= 4 is 35.8 Å². The van der Waals surface area contributed by atoms with Gasteiger partial charge in [-0.3, -0.25) is 0 Å². The third kappa shape index (κ3) is 6.08. The number of nitrogens with one attached hydrogen (secondary N) is 2. The summed E-state index contributed by atoms with van der Waals surface area (Å²) in [4.78, 5) is 15.9. The van der Waals surface area contributed by atoms with Crippen LogP contribution in [0.1, 0.15) is 42.7 Å². The van der Waals surface area contributed by atoms with Gasteiger partial charge >= 0.3 is 0 Å². The molecule has 0 atom stereocenters. The number of aryl methyl sites for hydroxylation is 2. The number of aromatic nitrogens is 2. The lowest BCUT2D eigenvalue weighted by molar-refractivity contribution is 0.463. The zero-order valence-electron chi connectivity index (χ0n) is 16.3. The smallest absolute Gasteiger partial charge is 0.214 e. The van der Waals surface area contributed by atoms with Crippen molar-refractivity contribution in [1.82, 2.24) is 20.6 Å². The van der Waals surface area contributed by atoms with Crippen LogP contribution in [0.2, 0.25) is 0 Å². The Morgan fingerprint density at radius 1 is 1.26 bits per heavy atom. The van der Waals surface area contributed by atoms with Crippen molar-refractivity contribution < 1.29 is 4.42 Å². The Balaban J connectivity index is 0.00000261. The van der Waals surface area contributed by atoms with Gasteiger partial charge in [0.05, 0.1) is 18.8 Å². The molecule has 1 fully saturated rings. The van der Waals surface area contributed by atoms with Crippen LogP contribution in [0.5, 0.6) is 0 Å². The topological polar surface area (TPSA) is 78.6 Å². The van der Waals surface area contributed by atoms with E-state index in [1.54, 1.807) is 0 Å². The second-order valence-corrected chi connectivity index (χ2v) is 6.51. The molecule has 0 unspecified atom stereocenters. The summed E-state index contributed by atoms with van der Waals surface area (Å²) in [6, 6.07) is 4.16. The van der Waals surface area contributed by atoms with Crippen molar-refractivity contribution in [3.8, 4) is 0 Å². The molecule has 27 heavy (non-hydrogen) atoms. The molecular weight excluding hydrogens is 455 g/mol. The van der Waals surface area contributed by atoms with Crippen LogP contribution in [0, 0.1) is 13.8 Å². The molecule has 2 aromatic rings. The monoisotopic (exact) mass is 484 g/mol. The largest absolute Gasteiger partial charge is 0.444 e. The molecular formula is C19H29IN6O. The molecule has 3 heterocycles. The lowest BCUT2D eigenvalue weighted by Gasteiger charge is -2.16. The fraction of sp³-hybridized carbons (Fsp3) is 0.526. The SMILES string of the molecule is CCNC(=NCc1ccnc(N2CCCC2)c1)NCc1nc(C)c(C)o1.I. The number of guanidine groups is 1. The van der Waals surface area contributed by atoms with Crippen molar-refractivity contribution in [2.45, 2.75) is 46.7 Å². The quantitative estimate of drug-likeness (QED) is 0.373. The fourth-order valence-corrected chi connectivity index (χ4v) is 2.96. The summed E-state index contributed by atoms with van der Waals surface area (Å²) in [6.07, 6.45) is 4.37. The van der Waals surface area contributed by atoms with Crippen LogP contribution >= 0.6 is 24.0 Å². The second-order valence-electron chi connectivity index (χ2n) is 6.51. The van der Waals surface area contributed by atoms with E-state index in [0.29, 0.717) is 19.0 Å². The van der Waals surface area contributed by atoms with E-state index in [9.17, 15) is 0 Å². The van der Waals surface area contributed by atoms with Crippen molar-refractivity contribution in [2.24, 2.45) is 4.99 Å². The highest BCUT2D eigenvalue weighted by Crippen LogP contribution is 2.18. The highest BCUT2D eigenvalue weighted by molar-refractivity contribution is 14.0. The standard InChI is InChI=1S/C19H28N6O.HI/c1-4-20-19(23-13-18-24-14(2)15(3)26-18)22-12-16-7-8-21-17(11-16)25-9-5-6-10-25;/h7-8,11H,4-6,9-10,12-13H2,1-3H3,(H2,20,22,23);1H. The first kappa shape index (κ1) is 21.5. The van der Waals surface area contributed by atoms with Gasteiger partial charge in [-0.05, 0) is 51.3 Å². The lowest BCUT2D eigenvalue weighted by Crippen LogP contribution is -2.36. The zero-order valence-corrected chi connectivity index (χ0v) is 18.6. The van der Waals surface area contributed by atoms with Crippen molar-refractivity contribution in [2.75, 3.05) is 24.5 Å². The minimum atomic E-state index is 0. The van der Waals surface area contributed by atoms with E-state index in [4.69, 9.17) is 4.42 Å². The summed E-state index contributed by atoms with van der Waals surface area (Å²) < 4.78 is 5.61. The molecule has 0 amide bonds. The molecule has 1 aliphatic rings. The van der Waals surface area contributed by atoms with Gasteiger partial charge in [-0.15, -0.1) is 24.0 Å². The molecule has 0 bridgehead atoms. The predicted octanol–water partition coefficient (Wildman–Crippen LogP) is 3.16. The third-order valence-electron chi connectivity index (χ3n) is 4.48. The molecule has 3 rings (SSSR count). The fourth-order valence-electron chi connectivity index (χ4n) is 2.96. The van der Waals surface area contributed by atoms with Gasteiger partial charge in [-0.25, -0.2) is 15.0 Å². The Hall–Kier alpha value is -1.84. The molecule has 148 valence electrons. The molecule has 1 saturated heterocycles. The molecule has 0 aromatic carbocycles. The number of rotatable bonds is 6. The Morgan fingerprint density at radius 3 is 2.70 bits per heavy atom. The molecule has 7 nitrogen and oxygen atoms in total. The first-order valence-electron chi connectivity index (χ1n) is 9.30. The van der Waals surface area contributed by atoms with Gasteiger partial charge in [0.15, 0.2) is 5.96 Å². The number of anilines is 1. The van der Waals surface area contributed by atoms with Gasteiger partial charge in [-0.1, -0.05) is 0 Å². The first-order valence-corrected chi connectivity index (χ1v) is 9.30. The summed E-state index contributed by atoms with van der Waals surface area (Å²) in [5.74, 6) is 3.33. The Kier molecular flexibility index (Phi) is 8.33. The summed E-state index contributed by atoms with van der Waals surface area (Å²) in [5.41, 5.74) is 2.08. The molecule has 8 heteroatoms. The predicted molar refractivity (Wildman–Crippen MR) is 119 cm³/mol. The van der Waals surface area contributed by atoms with Crippen LogP contribution in [0.25, 0.3) is 0 Å². The third-order valence-corrected chi connectivity index (χ3v) is 4.48. The summed E-state index contributed by atoms with van der Waals surface area (Å²) >= 11 is 0. The Labute approximate surface area is 178 Å². The van der Waals surface area contributed by atoms with Gasteiger partial charge in [0.2, 0.25) is 5.89 Å². The maximum atomic E-state index is 5.61. The zero-order chi connectivity index (χ0) is 18.4. The van der Waals surface area contributed by atoms with Crippen LogP contribution in [0.15, 0.2) is 27.7 Å². The van der Waals surface area contributed by atoms with Crippen LogP contribution in [-0.4, -0.2) is 35.6 Å². The van der Waals surface area contributed by atoms with Gasteiger partial charge < -0.3 is 20.0 Å². The van der Waals surface area contributed by atoms with Crippen molar-refractivity contribution in [1.29, 1.82) is 0 Å². The summed E-state index contributed by atoms with van der Waals surface area (Å²) in [6.45, 7) is 10.0. The number of aliphatic imine (C=N–C) groups is 1. The maximum Gasteiger partial charge on any atom is 0.214 e. The van der Waals surface area contributed by atoms with Crippen molar-refractivity contribution in [3.63, 3.8) is 0 Å². The molecule has 1 aliphatic heterocycles. The summed E-state index contributed by atoms with van der Waals surface area (Å²) in [5, 5.41) is 6.53. The average molecular weight is 484 g/mol. The van der Waals surface area contributed by atoms with Crippen LogP contribution in [-0.2, 0) is 13.1 Å². The van der Waals surface area contributed by atoms with E-state index in [-0.39, 0.29) is 24.0 Å². The van der Waals surface area contributed by atoms with Crippen LogP contribution < -0.4 is 15.5 Å². The summed E-state index contributed by atoms with van der Waals surface area (Å²) in [7, 11) is 0.